The van der Waals surface area contributed by atoms with Crippen molar-refractivity contribution in [2.45, 2.75) is 19.5 Å². The first-order valence-electron chi connectivity index (χ1n) is 8.79. The third kappa shape index (κ3) is 3.56. The van der Waals surface area contributed by atoms with Gasteiger partial charge in [0.1, 0.15) is 0 Å². The molecule has 4 rings (SSSR count). The molecule has 24 heavy (non-hydrogen) atoms. The largest absolute Gasteiger partial charge is 0.351 e. The third-order valence-corrected chi connectivity index (χ3v) is 5.86. The molecule has 0 bridgehead atoms. The maximum atomic E-state index is 2.61. The number of benzene rings is 1. The van der Waals surface area contributed by atoms with E-state index in [0.717, 1.165) is 19.6 Å². The van der Waals surface area contributed by atoms with Crippen molar-refractivity contribution in [2.75, 3.05) is 26.2 Å². The Balaban J connectivity index is 1.37. The van der Waals surface area contributed by atoms with Gasteiger partial charge in [-0.3, -0.25) is 9.80 Å². The van der Waals surface area contributed by atoms with Gasteiger partial charge in [-0.15, -0.1) is 11.3 Å². The Hall–Kier alpha value is -1.62. The van der Waals surface area contributed by atoms with Gasteiger partial charge in [0.15, 0.2) is 0 Å². The summed E-state index contributed by atoms with van der Waals surface area (Å²) in [6.07, 6.45) is 3.40. The summed E-state index contributed by atoms with van der Waals surface area (Å²) in [4.78, 5) is 6.70. The lowest BCUT2D eigenvalue weighted by Crippen LogP contribution is -2.30. The molecule has 0 unspecified atom stereocenters. The van der Waals surface area contributed by atoms with Crippen molar-refractivity contribution in [1.29, 1.82) is 0 Å². The Morgan fingerprint density at radius 1 is 0.958 bits per heavy atom. The van der Waals surface area contributed by atoms with E-state index in [1.54, 1.807) is 0 Å². The molecule has 1 fully saturated rings. The number of fused-ring (bicyclic) bond motifs is 1. The van der Waals surface area contributed by atoms with Crippen molar-refractivity contribution in [3.8, 4) is 0 Å². The number of hydrogen-bond donors (Lipinski definition) is 0. The zero-order valence-electron chi connectivity index (χ0n) is 14.3. The van der Waals surface area contributed by atoms with Crippen LogP contribution in [0.4, 0.5) is 0 Å². The zero-order valence-corrected chi connectivity index (χ0v) is 15.1. The van der Waals surface area contributed by atoms with E-state index >= 15 is 0 Å². The first-order valence-corrected chi connectivity index (χ1v) is 9.67. The highest BCUT2D eigenvalue weighted by Gasteiger charge is 2.15. The second kappa shape index (κ2) is 7.09. The molecule has 1 aromatic carbocycles. The maximum Gasteiger partial charge on any atom is 0.0477 e. The van der Waals surface area contributed by atoms with E-state index in [0.29, 0.717) is 0 Å². The van der Waals surface area contributed by atoms with Crippen LogP contribution >= 0.6 is 11.3 Å². The monoisotopic (exact) mass is 339 g/mol. The fraction of sp³-hybridized carbons (Fsp3) is 0.400. The van der Waals surface area contributed by atoms with Gasteiger partial charge in [0.2, 0.25) is 0 Å². The summed E-state index contributed by atoms with van der Waals surface area (Å²) < 4.78 is 2.19. The Morgan fingerprint density at radius 2 is 1.79 bits per heavy atom. The molecule has 0 atom stereocenters. The summed E-state index contributed by atoms with van der Waals surface area (Å²) in [5.41, 5.74) is 2.75. The van der Waals surface area contributed by atoms with Crippen LogP contribution in [0.1, 0.15) is 16.9 Å². The molecule has 3 aromatic rings. The molecule has 1 aliphatic heterocycles. The molecule has 0 radical (unpaired) electrons. The topological polar surface area (TPSA) is 11.4 Å². The molecule has 0 N–H and O–H groups in total. The van der Waals surface area contributed by atoms with Gasteiger partial charge in [-0.2, -0.15) is 0 Å². The van der Waals surface area contributed by atoms with Gasteiger partial charge in [0.05, 0.1) is 0 Å². The van der Waals surface area contributed by atoms with Crippen molar-refractivity contribution < 1.29 is 0 Å². The average Bonchev–Trinajstić information content (AvgIpc) is 3.16. The predicted octanol–water partition coefficient (Wildman–Crippen LogP) is 3.95. The van der Waals surface area contributed by atoms with Gasteiger partial charge < -0.3 is 4.57 Å². The lowest BCUT2D eigenvalue weighted by molar-refractivity contribution is 0.248. The number of thiophene rings is 1. The summed E-state index contributed by atoms with van der Waals surface area (Å²) in [5, 5.41) is 3.53. The Kier molecular flexibility index (Phi) is 4.69. The number of hydrogen-bond acceptors (Lipinski definition) is 3. The second-order valence-corrected chi connectivity index (χ2v) is 7.84. The van der Waals surface area contributed by atoms with Crippen LogP contribution in [-0.4, -0.2) is 40.5 Å². The molecule has 1 saturated heterocycles. The van der Waals surface area contributed by atoms with E-state index in [-0.39, 0.29) is 0 Å². The number of rotatable bonds is 4. The van der Waals surface area contributed by atoms with E-state index in [1.807, 2.05) is 11.3 Å². The lowest BCUT2D eigenvalue weighted by Gasteiger charge is -2.21. The molecule has 126 valence electrons. The minimum absolute atomic E-state index is 1.07. The molecule has 0 amide bonds. The van der Waals surface area contributed by atoms with Crippen molar-refractivity contribution in [1.82, 2.24) is 14.4 Å². The maximum absolute atomic E-state index is 2.61. The molecule has 3 nitrogen and oxygen atoms in total. The Labute approximate surface area is 148 Å². The van der Waals surface area contributed by atoms with Crippen LogP contribution in [0.3, 0.4) is 0 Å². The minimum Gasteiger partial charge on any atom is -0.351 e. The summed E-state index contributed by atoms with van der Waals surface area (Å²) in [7, 11) is 2.11. The van der Waals surface area contributed by atoms with Crippen LogP contribution in [-0.2, 0) is 20.1 Å². The van der Waals surface area contributed by atoms with Crippen LogP contribution < -0.4 is 0 Å². The van der Waals surface area contributed by atoms with Crippen LogP contribution in [0, 0.1) is 0 Å². The van der Waals surface area contributed by atoms with E-state index in [1.165, 1.54) is 47.4 Å². The normalized spacial score (nSPS) is 17.4. The molecule has 3 heterocycles. The second-order valence-electron chi connectivity index (χ2n) is 6.81. The third-order valence-electron chi connectivity index (χ3n) is 5.00. The fourth-order valence-corrected chi connectivity index (χ4v) is 4.40. The molecular formula is C20H25N3S. The van der Waals surface area contributed by atoms with E-state index in [9.17, 15) is 0 Å². The van der Waals surface area contributed by atoms with Gasteiger partial charge in [-0.25, -0.2) is 0 Å². The summed E-state index contributed by atoms with van der Waals surface area (Å²) in [6.45, 7) is 6.93. The Morgan fingerprint density at radius 3 is 2.58 bits per heavy atom. The standard InChI is InChI=1S/C20H25N3S/c1-21-10-7-18-14-17(5-6-20(18)21)15-22-8-3-9-23(12-11-22)16-19-4-2-13-24-19/h2,4-7,10,13-14H,3,8-9,11-12,15-16H2,1H3. The summed E-state index contributed by atoms with van der Waals surface area (Å²) in [6, 6.07) is 13.5. The Bertz CT molecular complexity index is 790. The van der Waals surface area contributed by atoms with Crippen molar-refractivity contribution >= 4 is 22.2 Å². The van der Waals surface area contributed by atoms with Crippen LogP contribution in [0.2, 0.25) is 0 Å². The van der Waals surface area contributed by atoms with Crippen molar-refractivity contribution in [3.63, 3.8) is 0 Å². The van der Waals surface area contributed by atoms with E-state index in [4.69, 9.17) is 0 Å². The predicted molar refractivity (Wildman–Crippen MR) is 102 cm³/mol. The molecular weight excluding hydrogens is 314 g/mol. The van der Waals surface area contributed by atoms with Gasteiger partial charge in [0, 0.05) is 49.8 Å². The molecule has 1 aliphatic rings. The average molecular weight is 340 g/mol. The molecule has 0 aliphatic carbocycles. The molecule has 0 spiro atoms. The SMILES string of the molecule is Cn1ccc2cc(CN3CCCN(Cc4cccs4)CC3)ccc21. The lowest BCUT2D eigenvalue weighted by atomic mass is 10.1. The van der Waals surface area contributed by atoms with E-state index < -0.39 is 0 Å². The van der Waals surface area contributed by atoms with Crippen LogP contribution in [0.25, 0.3) is 10.9 Å². The van der Waals surface area contributed by atoms with Gasteiger partial charge in [0.25, 0.3) is 0 Å². The highest BCUT2D eigenvalue weighted by atomic mass is 32.1. The molecule has 0 saturated carbocycles. The molecule has 4 heteroatoms. The van der Waals surface area contributed by atoms with Gasteiger partial charge in [-0.1, -0.05) is 12.1 Å². The van der Waals surface area contributed by atoms with Gasteiger partial charge >= 0.3 is 0 Å². The van der Waals surface area contributed by atoms with Crippen molar-refractivity contribution in [2.24, 2.45) is 7.05 Å². The first kappa shape index (κ1) is 15.9. The zero-order chi connectivity index (χ0) is 16.4. The van der Waals surface area contributed by atoms with Gasteiger partial charge in [-0.05, 0) is 60.1 Å². The quantitative estimate of drug-likeness (QED) is 0.713. The highest BCUT2D eigenvalue weighted by Crippen LogP contribution is 2.19. The van der Waals surface area contributed by atoms with Crippen LogP contribution in [0.5, 0.6) is 0 Å². The fourth-order valence-electron chi connectivity index (χ4n) is 3.65. The minimum atomic E-state index is 1.07. The number of aromatic nitrogens is 1. The number of aryl methyl sites for hydroxylation is 1. The first-order chi connectivity index (χ1) is 11.8. The smallest absolute Gasteiger partial charge is 0.0477 e. The van der Waals surface area contributed by atoms with Crippen molar-refractivity contribution in [3.05, 3.63) is 58.4 Å². The highest BCUT2D eigenvalue weighted by molar-refractivity contribution is 7.09. The molecule has 2 aromatic heterocycles. The summed E-state index contributed by atoms with van der Waals surface area (Å²) >= 11 is 1.87. The number of nitrogens with zero attached hydrogens (tertiary/aromatic N) is 3. The van der Waals surface area contributed by atoms with Crippen LogP contribution in [0.15, 0.2) is 48.0 Å². The van der Waals surface area contributed by atoms with E-state index in [2.05, 4.69) is 69.4 Å². The summed E-state index contributed by atoms with van der Waals surface area (Å²) in [5.74, 6) is 0.